The van der Waals surface area contributed by atoms with Gasteiger partial charge in [0.05, 0.1) is 4.88 Å². The predicted octanol–water partition coefficient (Wildman–Crippen LogP) is 1.66. The summed E-state index contributed by atoms with van der Waals surface area (Å²) in [5.74, 6) is 5.66. The lowest BCUT2D eigenvalue weighted by molar-refractivity contribution is 0.118. The second-order valence-electron chi connectivity index (χ2n) is 2.75. The lowest BCUT2D eigenvalue weighted by Gasteiger charge is -2.11. The van der Waals surface area contributed by atoms with Crippen molar-refractivity contribution >= 4 is 11.5 Å². The topological polar surface area (TPSA) is 33.1 Å². The van der Waals surface area contributed by atoms with Crippen LogP contribution in [0.5, 0.6) is 0 Å². The smallest absolute Gasteiger partial charge is 0.122 e. The summed E-state index contributed by atoms with van der Waals surface area (Å²) in [7, 11) is 0. The molecule has 1 unspecified atom stereocenters. The molecule has 1 aromatic rings. The first-order chi connectivity index (χ1) is 5.64. The molecule has 0 amide bonds. The molecular formula is C9H11NOS. The largest absolute Gasteiger partial charge is 0.378 e. The Morgan fingerprint density at radius 3 is 3.00 bits per heavy atom. The van der Waals surface area contributed by atoms with Gasteiger partial charge in [0, 0.05) is 6.20 Å². The van der Waals surface area contributed by atoms with Gasteiger partial charge in [-0.1, -0.05) is 18.8 Å². The molecule has 0 aliphatic carbocycles. The van der Waals surface area contributed by atoms with Gasteiger partial charge in [0.25, 0.3) is 0 Å². The number of hydrogen-bond donors (Lipinski definition) is 1. The zero-order valence-electron chi connectivity index (χ0n) is 7.16. The first kappa shape index (κ1) is 9.24. The summed E-state index contributed by atoms with van der Waals surface area (Å²) < 4.78 is 3.91. The molecule has 3 heteroatoms. The van der Waals surface area contributed by atoms with Crippen molar-refractivity contribution in [2.24, 2.45) is 0 Å². The Morgan fingerprint density at radius 1 is 1.75 bits per heavy atom. The van der Waals surface area contributed by atoms with Crippen molar-refractivity contribution in [2.75, 3.05) is 0 Å². The van der Waals surface area contributed by atoms with Crippen LogP contribution in [-0.4, -0.2) is 15.1 Å². The van der Waals surface area contributed by atoms with E-state index in [9.17, 15) is 5.11 Å². The minimum Gasteiger partial charge on any atom is -0.378 e. The van der Waals surface area contributed by atoms with E-state index in [1.807, 2.05) is 13.0 Å². The van der Waals surface area contributed by atoms with Crippen molar-refractivity contribution in [3.63, 3.8) is 0 Å². The van der Waals surface area contributed by atoms with Crippen molar-refractivity contribution in [2.45, 2.75) is 25.9 Å². The van der Waals surface area contributed by atoms with Gasteiger partial charge in [-0.15, -0.1) is 0 Å². The molecule has 1 heterocycles. The third-order valence-corrected chi connectivity index (χ3v) is 2.24. The Hall–Kier alpha value is -0.850. The van der Waals surface area contributed by atoms with E-state index in [0.717, 1.165) is 4.88 Å². The van der Waals surface area contributed by atoms with Crippen LogP contribution in [-0.2, 0) is 0 Å². The fourth-order valence-electron chi connectivity index (χ4n) is 0.565. The number of rotatable bonds is 1. The molecule has 2 nitrogen and oxygen atoms in total. The second-order valence-corrected chi connectivity index (χ2v) is 3.59. The SMILES string of the molecule is CCC(C)(O)C#Cc1ccns1. The molecule has 64 valence electrons. The molecule has 1 N–H and O–H groups in total. The Kier molecular flexibility index (Phi) is 2.85. The molecule has 0 radical (unpaired) electrons. The predicted molar refractivity (Wildman–Crippen MR) is 49.9 cm³/mol. The van der Waals surface area contributed by atoms with Crippen molar-refractivity contribution in [3.05, 3.63) is 17.1 Å². The summed E-state index contributed by atoms with van der Waals surface area (Å²) in [5, 5.41) is 9.53. The Balaban J connectivity index is 2.72. The summed E-state index contributed by atoms with van der Waals surface area (Å²) in [6.07, 6.45) is 2.34. The van der Waals surface area contributed by atoms with Crippen LogP contribution >= 0.6 is 11.5 Å². The molecule has 0 aliphatic heterocycles. The molecular weight excluding hydrogens is 170 g/mol. The Morgan fingerprint density at radius 2 is 2.50 bits per heavy atom. The van der Waals surface area contributed by atoms with E-state index in [4.69, 9.17) is 0 Å². The van der Waals surface area contributed by atoms with E-state index in [-0.39, 0.29) is 0 Å². The molecule has 1 atom stereocenters. The average molecular weight is 181 g/mol. The summed E-state index contributed by atoms with van der Waals surface area (Å²) in [6.45, 7) is 3.61. The molecule has 0 spiro atoms. The summed E-state index contributed by atoms with van der Waals surface area (Å²) in [4.78, 5) is 0.892. The molecule has 0 aromatic carbocycles. The second kappa shape index (κ2) is 3.70. The van der Waals surface area contributed by atoms with Gasteiger partial charge in [0.15, 0.2) is 0 Å². The first-order valence-electron chi connectivity index (χ1n) is 3.80. The lowest BCUT2D eigenvalue weighted by atomic mass is 10.1. The fraction of sp³-hybridized carbons (Fsp3) is 0.444. The van der Waals surface area contributed by atoms with E-state index in [1.165, 1.54) is 11.5 Å². The highest BCUT2D eigenvalue weighted by molar-refractivity contribution is 7.06. The Labute approximate surface area is 76.4 Å². The summed E-state index contributed by atoms with van der Waals surface area (Å²) >= 11 is 1.34. The number of aliphatic hydroxyl groups is 1. The fourth-order valence-corrected chi connectivity index (χ4v) is 1.02. The summed E-state index contributed by atoms with van der Waals surface area (Å²) in [6, 6.07) is 1.84. The van der Waals surface area contributed by atoms with E-state index in [0.29, 0.717) is 6.42 Å². The third kappa shape index (κ3) is 2.65. The van der Waals surface area contributed by atoms with Crippen LogP contribution < -0.4 is 0 Å². The van der Waals surface area contributed by atoms with Gasteiger partial charge in [-0.25, -0.2) is 0 Å². The van der Waals surface area contributed by atoms with Crippen LogP contribution in [0.25, 0.3) is 0 Å². The molecule has 1 aromatic heterocycles. The van der Waals surface area contributed by atoms with Gasteiger partial charge in [-0.3, -0.25) is 0 Å². The normalized spacial score (nSPS) is 14.6. The zero-order chi connectivity index (χ0) is 9.03. The van der Waals surface area contributed by atoms with Crippen LogP contribution in [0.15, 0.2) is 12.3 Å². The maximum atomic E-state index is 9.53. The molecule has 0 fully saturated rings. The van der Waals surface area contributed by atoms with Gasteiger partial charge in [0.1, 0.15) is 5.60 Å². The van der Waals surface area contributed by atoms with Crippen molar-refractivity contribution in [1.82, 2.24) is 4.37 Å². The molecule has 1 rings (SSSR count). The third-order valence-electron chi connectivity index (χ3n) is 1.58. The van der Waals surface area contributed by atoms with Gasteiger partial charge in [-0.2, -0.15) is 4.37 Å². The minimum absolute atomic E-state index is 0.638. The quantitative estimate of drug-likeness (QED) is 0.668. The van der Waals surface area contributed by atoms with Crippen LogP contribution in [0.2, 0.25) is 0 Å². The van der Waals surface area contributed by atoms with Crippen LogP contribution in [0.3, 0.4) is 0 Å². The maximum Gasteiger partial charge on any atom is 0.122 e. The summed E-state index contributed by atoms with van der Waals surface area (Å²) in [5.41, 5.74) is -0.871. The first-order valence-corrected chi connectivity index (χ1v) is 4.57. The van der Waals surface area contributed by atoms with Crippen molar-refractivity contribution in [1.29, 1.82) is 0 Å². The van der Waals surface area contributed by atoms with Gasteiger partial charge in [0.2, 0.25) is 0 Å². The highest BCUT2D eigenvalue weighted by atomic mass is 32.1. The minimum atomic E-state index is -0.871. The highest BCUT2D eigenvalue weighted by Crippen LogP contribution is 2.07. The van der Waals surface area contributed by atoms with Crippen LogP contribution in [0.1, 0.15) is 25.1 Å². The number of aromatic nitrogens is 1. The average Bonchev–Trinajstić information content (AvgIpc) is 2.53. The zero-order valence-corrected chi connectivity index (χ0v) is 7.98. The molecule has 0 saturated heterocycles. The molecule has 0 bridgehead atoms. The van der Waals surface area contributed by atoms with Crippen molar-refractivity contribution < 1.29 is 5.11 Å². The molecule has 0 saturated carbocycles. The van der Waals surface area contributed by atoms with Crippen LogP contribution in [0.4, 0.5) is 0 Å². The number of hydrogen-bond acceptors (Lipinski definition) is 3. The molecule has 12 heavy (non-hydrogen) atoms. The van der Waals surface area contributed by atoms with Gasteiger partial charge < -0.3 is 5.11 Å². The Bertz CT molecular complexity index is 292. The maximum absolute atomic E-state index is 9.53. The van der Waals surface area contributed by atoms with Gasteiger partial charge >= 0.3 is 0 Å². The monoisotopic (exact) mass is 181 g/mol. The number of nitrogens with zero attached hydrogens (tertiary/aromatic N) is 1. The van der Waals surface area contributed by atoms with Crippen molar-refractivity contribution in [3.8, 4) is 11.8 Å². The van der Waals surface area contributed by atoms with E-state index in [1.54, 1.807) is 13.1 Å². The van der Waals surface area contributed by atoms with Gasteiger partial charge in [-0.05, 0) is 30.9 Å². The van der Waals surface area contributed by atoms with E-state index in [2.05, 4.69) is 16.2 Å². The molecule has 0 aliphatic rings. The van der Waals surface area contributed by atoms with E-state index >= 15 is 0 Å². The van der Waals surface area contributed by atoms with Crippen LogP contribution in [0, 0.1) is 11.8 Å². The van der Waals surface area contributed by atoms with E-state index < -0.39 is 5.60 Å². The standard InChI is InChI=1S/C9H11NOS/c1-3-9(2,11)6-4-8-5-7-10-12-8/h5,7,11H,3H2,1-2H3. The highest BCUT2D eigenvalue weighted by Gasteiger charge is 2.12. The lowest BCUT2D eigenvalue weighted by Crippen LogP contribution is -2.19.